The molecule has 1 aromatic heterocycles. The second kappa shape index (κ2) is 8.73. The number of rotatable bonds is 4. The number of nitrogens with one attached hydrogen (secondary N) is 1. The number of carbonyl (C=O) groups is 2. The molecule has 8 heteroatoms. The number of carbonyl (C=O) groups excluding carboxylic acids is 2. The van der Waals surface area contributed by atoms with Gasteiger partial charge in [-0.25, -0.2) is 14.6 Å². The molecule has 1 aliphatic heterocycles. The Morgan fingerprint density at radius 3 is 2.67 bits per heavy atom. The first-order valence-corrected chi connectivity index (χ1v) is 8.96. The van der Waals surface area contributed by atoms with E-state index in [1.165, 1.54) is 25.4 Å². The Labute approximate surface area is 162 Å². The number of aromatic nitrogens is 1. The maximum Gasteiger partial charge on any atom is 0.338 e. The number of urea groups is 1. The van der Waals surface area contributed by atoms with Crippen molar-refractivity contribution >= 4 is 29.4 Å². The molecule has 0 spiro atoms. The number of nitrogens with zero attached hydrogens (tertiary/aromatic N) is 2. The van der Waals surface area contributed by atoms with E-state index < -0.39 is 5.97 Å². The lowest BCUT2D eigenvalue weighted by Gasteiger charge is -2.32. The van der Waals surface area contributed by atoms with Crippen molar-refractivity contribution < 1.29 is 19.1 Å². The minimum absolute atomic E-state index is 0.00901. The number of methoxy groups -OCH3 is 1. The van der Waals surface area contributed by atoms with Crippen molar-refractivity contribution in [1.82, 2.24) is 9.88 Å². The molecule has 1 aromatic carbocycles. The van der Waals surface area contributed by atoms with Gasteiger partial charge in [-0.1, -0.05) is 23.7 Å². The maximum atomic E-state index is 12.4. The van der Waals surface area contributed by atoms with Crippen molar-refractivity contribution in [2.24, 2.45) is 0 Å². The molecule has 0 radical (unpaired) electrons. The molecule has 1 N–H and O–H groups in total. The Balaban J connectivity index is 1.53. The lowest BCUT2D eigenvalue weighted by atomic mass is 10.1. The molecule has 7 nitrogen and oxygen atoms in total. The summed E-state index contributed by atoms with van der Waals surface area (Å²) in [6.07, 6.45) is 2.86. The van der Waals surface area contributed by atoms with E-state index in [0.717, 1.165) is 0 Å². The Kier molecular flexibility index (Phi) is 6.13. The summed E-state index contributed by atoms with van der Waals surface area (Å²) in [7, 11) is 1.30. The van der Waals surface area contributed by atoms with Crippen LogP contribution in [0.1, 0.15) is 23.2 Å². The smallest absolute Gasteiger partial charge is 0.338 e. The van der Waals surface area contributed by atoms with Crippen LogP contribution in [-0.4, -0.2) is 48.2 Å². The largest absolute Gasteiger partial charge is 0.489 e. The Hall–Kier alpha value is -2.80. The highest BCUT2D eigenvalue weighted by Crippen LogP contribution is 2.26. The summed E-state index contributed by atoms with van der Waals surface area (Å²) in [6.45, 7) is 1.11. The Morgan fingerprint density at radius 1 is 1.22 bits per heavy atom. The van der Waals surface area contributed by atoms with E-state index in [-0.39, 0.29) is 12.1 Å². The Bertz CT molecular complexity index is 822. The first-order valence-electron chi connectivity index (χ1n) is 8.58. The summed E-state index contributed by atoms with van der Waals surface area (Å²) in [5.74, 6) is 0.480. The van der Waals surface area contributed by atoms with Crippen LogP contribution in [0.2, 0.25) is 5.02 Å². The van der Waals surface area contributed by atoms with Crippen LogP contribution in [0.5, 0.6) is 5.75 Å². The molecule has 2 heterocycles. The van der Waals surface area contributed by atoms with Crippen molar-refractivity contribution in [3.63, 3.8) is 0 Å². The summed E-state index contributed by atoms with van der Waals surface area (Å²) >= 11 is 6.12. The highest BCUT2D eigenvalue weighted by atomic mass is 35.5. The van der Waals surface area contributed by atoms with E-state index in [2.05, 4.69) is 15.0 Å². The number of esters is 1. The number of anilines is 1. The van der Waals surface area contributed by atoms with Gasteiger partial charge in [-0.15, -0.1) is 0 Å². The normalized spacial score (nSPS) is 14.5. The molecular weight excluding hydrogens is 370 g/mol. The third-order valence-electron chi connectivity index (χ3n) is 4.28. The van der Waals surface area contributed by atoms with Crippen LogP contribution in [0.25, 0.3) is 0 Å². The number of hydrogen-bond acceptors (Lipinski definition) is 5. The second-order valence-electron chi connectivity index (χ2n) is 6.09. The predicted molar refractivity (Wildman–Crippen MR) is 101 cm³/mol. The zero-order valence-corrected chi connectivity index (χ0v) is 15.6. The number of hydrogen-bond donors (Lipinski definition) is 1. The van der Waals surface area contributed by atoms with Gasteiger partial charge in [-0.05, 0) is 24.3 Å². The van der Waals surface area contributed by atoms with Crippen molar-refractivity contribution in [1.29, 1.82) is 0 Å². The van der Waals surface area contributed by atoms with E-state index >= 15 is 0 Å². The lowest BCUT2D eigenvalue weighted by Crippen LogP contribution is -2.43. The third-order valence-corrected chi connectivity index (χ3v) is 4.59. The van der Waals surface area contributed by atoms with Gasteiger partial charge in [0.2, 0.25) is 0 Å². The van der Waals surface area contributed by atoms with E-state index in [0.29, 0.717) is 48.1 Å². The molecule has 0 unspecified atom stereocenters. The van der Waals surface area contributed by atoms with Crippen LogP contribution in [-0.2, 0) is 4.74 Å². The minimum atomic E-state index is -0.481. The molecule has 1 saturated heterocycles. The van der Waals surface area contributed by atoms with Crippen molar-refractivity contribution in [3.05, 3.63) is 53.2 Å². The first-order chi connectivity index (χ1) is 13.1. The fourth-order valence-corrected chi connectivity index (χ4v) is 3.01. The van der Waals surface area contributed by atoms with Gasteiger partial charge in [0, 0.05) is 32.1 Å². The van der Waals surface area contributed by atoms with Gasteiger partial charge in [-0.3, -0.25) is 5.32 Å². The summed E-state index contributed by atoms with van der Waals surface area (Å²) in [6, 6.07) is 10.1. The standard InChI is InChI=1S/C19H20ClN3O4/c1-26-18(24)13-6-9-21-17(12-13)22-19(25)23-10-7-14(8-11-23)27-16-5-3-2-4-15(16)20/h2-6,9,12,14H,7-8,10-11H2,1H3,(H,21,22,25). The number of likely N-dealkylation sites (tertiary alicyclic amines) is 1. The fourth-order valence-electron chi connectivity index (χ4n) is 2.83. The van der Waals surface area contributed by atoms with Gasteiger partial charge < -0.3 is 14.4 Å². The first kappa shape index (κ1) is 19.0. The number of benzene rings is 1. The van der Waals surface area contributed by atoms with E-state index in [1.807, 2.05) is 18.2 Å². The molecule has 2 amide bonds. The highest BCUT2D eigenvalue weighted by Gasteiger charge is 2.24. The summed E-state index contributed by atoms with van der Waals surface area (Å²) in [5, 5.41) is 3.29. The van der Waals surface area contributed by atoms with E-state index in [9.17, 15) is 9.59 Å². The number of para-hydroxylation sites is 1. The molecule has 3 rings (SSSR count). The molecule has 1 fully saturated rings. The van der Waals surface area contributed by atoms with Gasteiger partial charge in [-0.2, -0.15) is 0 Å². The lowest BCUT2D eigenvalue weighted by molar-refractivity contribution is 0.0600. The molecule has 0 atom stereocenters. The van der Waals surface area contributed by atoms with E-state index in [4.69, 9.17) is 16.3 Å². The molecule has 0 bridgehead atoms. The van der Waals surface area contributed by atoms with Gasteiger partial charge in [0.15, 0.2) is 0 Å². The number of halogens is 1. The van der Waals surface area contributed by atoms with Crippen molar-refractivity contribution in [2.45, 2.75) is 18.9 Å². The van der Waals surface area contributed by atoms with Crippen molar-refractivity contribution in [2.75, 3.05) is 25.5 Å². The number of ether oxygens (including phenoxy) is 2. The molecule has 2 aromatic rings. The Morgan fingerprint density at radius 2 is 1.96 bits per heavy atom. The molecule has 1 aliphatic rings. The van der Waals surface area contributed by atoms with Crippen LogP contribution in [0.4, 0.5) is 10.6 Å². The highest BCUT2D eigenvalue weighted by molar-refractivity contribution is 6.32. The van der Waals surface area contributed by atoms with Crippen LogP contribution in [0.3, 0.4) is 0 Å². The third kappa shape index (κ3) is 4.89. The monoisotopic (exact) mass is 389 g/mol. The van der Waals surface area contributed by atoms with Crippen LogP contribution >= 0.6 is 11.6 Å². The van der Waals surface area contributed by atoms with Gasteiger partial charge in [0.1, 0.15) is 17.7 Å². The van der Waals surface area contributed by atoms with Crippen LogP contribution in [0, 0.1) is 0 Å². The number of piperidine rings is 1. The zero-order valence-electron chi connectivity index (χ0n) is 14.9. The quantitative estimate of drug-likeness (QED) is 0.808. The van der Waals surface area contributed by atoms with Crippen LogP contribution < -0.4 is 10.1 Å². The number of amides is 2. The zero-order chi connectivity index (χ0) is 19.2. The van der Waals surface area contributed by atoms with Crippen LogP contribution in [0.15, 0.2) is 42.6 Å². The van der Waals surface area contributed by atoms with Crippen molar-refractivity contribution in [3.8, 4) is 5.75 Å². The molecular formula is C19H20ClN3O4. The van der Waals surface area contributed by atoms with Gasteiger partial charge >= 0.3 is 12.0 Å². The average Bonchev–Trinajstić information content (AvgIpc) is 2.70. The van der Waals surface area contributed by atoms with E-state index in [1.54, 1.807) is 11.0 Å². The molecule has 0 aliphatic carbocycles. The number of pyridine rings is 1. The topological polar surface area (TPSA) is 80.8 Å². The minimum Gasteiger partial charge on any atom is -0.489 e. The molecule has 27 heavy (non-hydrogen) atoms. The summed E-state index contributed by atoms with van der Waals surface area (Å²) < 4.78 is 10.6. The van der Waals surface area contributed by atoms with Gasteiger partial charge in [0.05, 0.1) is 17.7 Å². The predicted octanol–water partition coefficient (Wildman–Crippen LogP) is 3.60. The molecule has 0 saturated carbocycles. The summed E-state index contributed by atoms with van der Waals surface area (Å²) in [5.41, 5.74) is 0.328. The molecule has 142 valence electrons. The maximum absolute atomic E-state index is 12.4. The fraction of sp³-hybridized carbons (Fsp3) is 0.316. The SMILES string of the molecule is COC(=O)c1ccnc(NC(=O)N2CCC(Oc3ccccc3Cl)CC2)c1. The summed E-state index contributed by atoms with van der Waals surface area (Å²) in [4.78, 5) is 29.8. The van der Waals surface area contributed by atoms with Gasteiger partial charge in [0.25, 0.3) is 0 Å². The average molecular weight is 390 g/mol. The second-order valence-corrected chi connectivity index (χ2v) is 6.49.